The summed E-state index contributed by atoms with van der Waals surface area (Å²) in [5, 5.41) is 9.22. The lowest BCUT2D eigenvalue weighted by Crippen LogP contribution is -2.48. The molecule has 0 aromatic carbocycles. The molecule has 2 heterocycles. The van der Waals surface area contributed by atoms with Crippen LogP contribution < -0.4 is 0 Å². The zero-order chi connectivity index (χ0) is 18.6. The highest BCUT2D eigenvalue weighted by Crippen LogP contribution is 2.60. The quantitative estimate of drug-likeness (QED) is 0.720. The van der Waals surface area contributed by atoms with Crippen molar-refractivity contribution in [1.29, 1.82) is 0 Å². The Morgan fingerprint density at radius 2 is 1.70 bits per heavy atom. The van der Waals surface area contributed by atoms with Gasteiger partial charge in [0, 0.05) is 18.5 Å². The fraction of sp³-hybridized carbons (Fsp3) is 0.857. The van der Waals surface area contributed by atoms with E-state index in [0.717, 1.165) is 55.5 Å². The SMILES string of the molecule is CC1CCN(C(=O)C(C)Sc2nnc(C34CC5CC(CC(C5)C3)C4)o2)CC1. The van der Waals surface area contributed by atoms with E-state index in [4.69, 9.17) is 4.42 Å². The van der Waals surface area contributed by atoms with E-state index < -0.39 is 0 Å². The third kappa shape index (κ3) is 3.32. The van der Waals surface area contributed by atoms with E-state index >= 15 is 0 Å². The van der Waals surface area contributed by atoms with Crippen molar-refractivity contribution in [3.05, 3.63) is 5.89 Å². The van der Waals surface area contributed by atoms with Crippen LogP contribution in [0, 0.1) is 23.7 Å². The molecule has 6 heteroatoms. The summed E-state index contributed by atoms with van der Waals surface area (Å²) >= 11 is 1.44. The lowest BCUT2D eigenvalue weighted by Gasteiger charge is -2.55. The second-order valence-corrected chi connectivity index (χ2v) is 11.1. The van der Waals surface area contributed by atoms with Gasteiger partial charge in [-0.05, 0) is 82.0 Å². The third-order valence-corrected chi connectivity index (χ3v) is 8.54. The lowest BCUT2D eigenvalue weighted by atomic mass is 9.49. The van der Waals surface area contributed by atoms with Gasteiger partial charge < -0.3 is 9.32 Å². The average molecular weight is 390 g/mol. The van der Waals surface area contributed by atoms with Gasteiger partial charge in [-0.1, -0.05) is 18.7 Å². The molecule has 4 saturated carbocycles. The molecule has 0 spiro atoms. The normalized spacial score (nSPS) is 37.0. The first-order valence-electron chi connectivity index (χ1n) is 10.8. The molecule has 4 bridgehead atoms. The highest BCUT2D eigenvalue weighted by atomic mass is 32.2. The van der Waals surface area contributed by atoms with Crippen molar-refractivity contribution in [2.75, 3.05) is 13.1 Å². The molecule has 1 saturated heterocycles. The summed E-state index contributed by atoms with van der Waals surface area (Å²) in [6.07, 6.45) is 10.1. The van der Waals surface area contributed by atoms with Crippen LogP contribution in [0.25, 0.3) is 0 Å². The van der Waals surface area contributed by atoms with Crippen LogP contribution in [0.5, 0.6) is 0 Å². The molecule has 0 radical (unpaired) electrons. The van der Waals surface area contributed by atoms with Gasteiger partial charge in [-0.15, -0.1) is 10.2 Å². The minimum Gasteiger partial charge on any atom is -0.415 e. The van der Waals surface area contributed by atoms with Crippen LogP contribution in [0.1, 0.15) is 71.1 Å². The van der Waals surface area contributed by atoms with E-state index in [-0.39, 0.29) is 16.6 Å². The average Bonchev–Trinajstić information content (AvgIpc) is 3.10. The third-order valence-electron chi connectivity index (χ3n) is 7.62. The summed E-state index contributed by atoms with van der Waals surface area (Å²) in [5.41, 5.74) is 0.136. The van der Waals surface area contributed by atoms with Crippen molar-refractivity contribution in [2.45, 2.75) is 81.1 Å². The van der Waals surface area contributed by atoms with Gasteiger partial charge in [0.15, 0.2) is 0 Å². The van der Waals surface area contributed by atoms with Crippen LogP contribution in [0.4, 0.5) is 0 Å². The molecular weight excluding hydrogens is 358 g/mol. The topological polar surface area (TPSA) is 59.2 Å². The maximum absolute atomic E-state index is 12.8. The minimum atomic E-state index is -0.164. The van der Waals surface area contributed by atoms with Gasteiger partial charge in [-0.2, -0.15) is 0 Å². The Bertz CT molecular complexity index is 675. The van der Waals surface area contributed by atoms with Gasteiger partial charge in [0.1, 0.15) is 0 Å². The molecule has 1 aromatic rings. The smallest absolute Gasteiger partial charge is 0.277 e. The molecule has 1 amide bonds. The molecule has 5 fully saturated rings. The number of rotatable bonds is 4. The van der Waals surface area contributed by atoms with Crippen LogP contribution in [0.2, 0.25) is 0 Å². The minimum absolute atomic E-state index is 0.136. The maximum Gasteiger partial charge on any atom is 0.277 e. The fourth-order valence-corrected chi connectivity index (χ4v) is 7.30. The summed E-state index contributed by atoms with van der Waals surface area (Å²) in [6.45, 7) is 6.00. The van der Waals surface area contributed by atoms with Crippen molar-refractivity contribution >= 4 is 17.7 Å². The van der Waals surface area contributed by atoms with Crippen LogP contribution in [-0.2, 0) is 10.2 Å². The van der Waals surface area contributed by atoms with Crippen molar-refractivity contribution in [3.8, 4) is 0 Å². The molecule has 6 rings (SSSR count). The van der Waals surface area contributed by atoms with Gasteiger partial charge in [0.05, 0.1) is 5.25 Å². The number of amides is 1. The van der Waals surface area contributed by atoms with Gasteiger partial charge in [0.2, 0.25) is 11.8 Å². The molecule has 1 unspecified atom stereocenters. The number of carbonyl (C=O) groups is 1. The summed E-state index contributed by atoms with van der Waals surface area (Å²) in [7, 11) is 0. The Morgan fingerprint density at radius 1 is 1.11 bits per heavy atom. The number of piperidine rings is 1. The molecule has 148 valence electrons. The summed E-state index contributed by atoms with van der Waals surface area (Å²) in [4.78, 5) is 14.8. The van der Waals surface area contributed by atoms with Gasteiger partial charge >= 0.3 is 0 Å². The molecule has 5 aliphatic rings. The van der Waals surface area contributed by atoms with E-state index in [1.807, 2.05) is 11.8 Å². The molecule has 0 N–H and O–H groups in total. The maximum atomic E-state index is 12.8. The summed E-state index contributed by atoms with van der Waals surface area (Å²) < 4.78 is 6.16. The highest BCUT2D eigenvalue weighted by Gasteiger charge is 2.54. The molecular formula is C21H31N3O2S. The predicted octanol–water partition coefficient (Wildman–Crippen LogP) is 4.28. The van der Waals surface area contributed by atoms with Crippen LogP contribution in [-0.4, -0.2) is 39.3 Å². The number of nitrogens with zero attached hydrogens (tertiary/aromatic N) is 3. The second kappa shape index (κ2) is 6.78. The largest absolute Gasteiger partial charge is 0.415 e. The molecule has 5 nitrogen and oxygen atoms in total. The van der Waals surface area contributed by atoms with Crippen LogP contribution in [0.15, 0.2) is 9.64 Å². The van der Waals surface area contributed by atoms with Gasteiger partial charge in [-0.25, -0.2) is 0 Å². The number of thioether (sulfide) groups is 1. The first kappa shape index (κ1) is 18.0. The Labute approximate surface area is 166 Å². The first-order valence-corrected chi connectivity index (χ1v) is 11.7. The molecule has 1 atom stereocenters. The summed E-state index contributed by atoms with van der Waals surface area (Å²) in [5.74, 6) is 4.39. The Balaban J connectivity index is 1.25. The monoisotopic (exact) mass is 389 g/mol. The van der Waals surface area contributed by atoms with E-state index in [0.29, 0.717) is 5.22 Å². The number of hydrogen-bond acceptors (Lipinski definition) is 5. The molecule has 1 aliphatic heterocycles. The Hall–Kier alpha value is -1.04. The first-order chi connectivity index (χ1) is 13.0. The van der Waals surface area contributed by atoms with Crippen molar-refractivity contribution in [2.24, 2.45) is 23.7 Å². The molecule has 1 aromatic heterocycles. The molecule has 4 aliphatic carbocycles. The number of carbonyl (C=O) groups excluding carboxylic acids is 1. The fourth-order valence-electron chi connectivity index (χ4n) is 6.53. The number of aromatic nitrogens is 2. The second-order valence-electron chi connectivity index (χ2n) is 9.84. The summed E-state index contributed by atoms with van der Waals surface area (Å²) in [6, 6.07) is 0. The highest BCUT2D eigenvalue weighted by molar-refractivity contribution is 8.00. The van der Waals surface area contributed by atoms with Crippen molar-refractivity contribution in [3.63, 3.8) is 0 Å². The zero-order valence-electron chi connectivity index (χ0n) is 16.5. The Morgan fingerprint density at radius 3 is 2.30 bits per heavy atom. The number of hydrogen-bond donors (Lipinski definition) is 0. The van der Waals surface area contributed by atoms with Crippen LogP contribution >= 0.6 is 11.8 Å². The van der Waals surface area contributed by atoms with E-state index in [1.165, 1.54) is 50.3 Å². The van der Waals surface area contributed by atoms with Gasteiger partial charge in [-0.3, -0.25) is 4.79 Å². The van der Waals surface area contributed by atoms with Crippen molar-refractivity contribution in [1.82, 2.24) is 15.1 Å². The van der Waals surface area contributed by atoms with E-state index in [2.05, 4.69) is 17.1 Å². The van der Waals surface area contributed by atoms with E-state index in [9.17, 15) is 4.79 Å². The van der Waals surface area contributed by atoms with Gasteiger partial charge in [0.25, 0.3) is 5.22 Å². The lowest BCUT2D eigenvalue weighted by molar-refractivity contribution is -0.131. The van der Waals surface area contributed by atoms with Crippen molar-refractivity contribution < 1.29 is 9.21 Å². The zero-order valence-corrected chi connectivity index (χ0v) is 17.3. The predicted molar refractivity (Wildman–Crippen MR) is 104 cm³/mol. The van der Waals surface area contributed by atoms with E-state index in [1.54, 1.807) is 0 Å². The molecule has 27 heavy (non-hydrogen) atoms. The van der Waals surface area contributed by atoms with Crippen LogP contribution in [0.3, 0.4) is 0 Å². The number of likely N-dealkylation sites (tertiary alicyclic amines) is 1. The Kier molecular flexibility index (Phi) is 4.53. The standard InChI is InChI=1S/C21H31N3O2S/c1-13-3-5-24(6-4-13)18(25)14(2)27-20-23-22-19(26-20)21-10-15-7-16(11-21)9-17(8-15)12-21/h13-17H,3-12H2,1-2H3.